The average Bonchev–Trinajstić information content (AvgIpc) is 2.16. The maximum atomic E-state index is 10.9. The Kier molecular flexibility index (Phi) is 2.67. The molecule has 1 aromatic rings. The number of hydrogen-bond acceptors (Lipinski definition) is 4. The third-order valence-electron chi connectivity index (χ3n) is 2.29. The largest absolute Gasteiger partial charge is 0.488 e. The molecule has 2 rings (SSSR count). The van der Waals surface area contributed by atoms with E-state index in [1.165, 1.54) is 0 Å². The first-order chi connectivity index (χ1) is 7.09. The standard InChI is InChI=1S/C10H12O4S/c11-5-8-1-3-9(4-2-8)14-10-6-15(12,13)7-10/h1-4,10-11H,5-7H2. The number of benzene rings is 1. The zero-order valence-corrected chi connectivity index (χ0v) is 8.90. The molecule has 4 nitrogen and oxygen atoms in total. The highest BCUT2D eigenvalue weighted by atomic mass is 32.2. The van der Waals surface area contributed by atoms with Crippen LogP contribution in [0, 0.1) is 0 Å². The molecule has 0 radical (unpaired) electrons. The SMILES string of the molecule is O=S1(=O)CC(Oc2ccc(CO)cc2)C1. The molecule has 0 aromatic heterocycles. The number of aliphatic hydroxyl groups is 1. The van der Waals surface area contributed by atoms with Crippen LogP contribution in [-0.4, -0.2) is 31.1 Å². The van der Waals surface area contributed by atoms with Gasteiger partial charge in [0, 0.05) is 0 Å². The van der Waals surface area contributed by atoms with Crippen LogP contribution in [0.2, 0.25) is 0 Å². The average molecular weight is 228 g/mol. The molecule has 0 spiro atoms. The molecule has 0 aliphatic carbocycles. The van der Waals surface area contributed by atoms with Gasteiger partial charge in [0.05, 0.1) is 18.1 Å². The zero-order chi connectivity index (χ0) is 10.9. The number of ether oxygens (including phenoxy) is 1. The predicted octanol–water partition coefficient (Wildman–Crippen LogP) is 0.355. The molecule has 1 saturated heterocycles. The van der Waals surface area contributed by atoms with Gasteiger partial charge in [0.15, 0.2) is 9.84 Å². The van der Waals surface area contributed by atoms with Gasteiger partial charge in [-0.3, -0.25) is 0 Å². The van der Waals surface area contributed by atoms with Crippen LogP contribution >= 0.6 is 0 Å². The Hall–Kier alpha value is -1.07. The quantitative estimate of drug-likeness (QED) is 0.811. The molecular formula is C10H12O4S. The monoisotopic (exact) mass is 228 g/mol. The second kappa shape index (κ2) is 3.83. The van der Waals surface area contributed by atoms with Crippen LogP contribution in [0.4, 0.5) is 0 Å². The summed E-state index contributed by atoms with van der Waals surface area (Å²) >= 11 is 0. The first-order valence-corrected chi connectivity index (χ1v) is 6.48. The fraction of sp³-hybridized carbons (Fsp3) is 0.400. The van der Waals surface area contributed by atoms with E-state index in [1.54, 1.807) is 24.3 Å². The van der Waals surface area contributed by atoms with Crippen molar-refractivity contribution in [1.29, 1.82) is 0 Å². The molecule has 1 aromatic carbocycles. The topological polar surface area (TPSA) is 63.6 Å². The maximum Gasteiger partial charge on any atom is 0.157 e. The molecule has 15 heavy (non-hydrogen) atoms. The van der Waals surface area contributed by atoms with Gasteiger partial charge >= 0.3 is 0 Å². The fourth-order valence-corrected chi connectivity index (χ4v) is 2.62. The van der Waals surface area contributed by atoms with Crippen molar-refractivity contribution in [3.8, 4) is 5.75 Å². The Morgan fingerprint density at radius 2 is 1.87 bits per heavy atom. The molecule has 1 aliphatic heterocycles. The van der Waals surface area contributed by atoms with Crippen LogP contribution in [-0.2, 0) is 16.4 Å². The third-order valence-corrected chi connectivity index (χ3v) is 4.05. The Morgan fingerprint density at radius 1 is 1.27 bits per heavy atom. The van der Waals surface area contributed by atoms with Crippen LogP contribution in [0.5, 0.6) is 5.75 Å². The molecule has 82 valence electrons. The molecular weight excluding hydrogens is 216 g/mol. The highest BCUT2D eigenvalue weighted by Gasteiger charge is 2.35. The fourth-order valence-electron chi connectivity index (χ4n) is 1.45. The van der Waals surface area contributed by atoms with Crippen molar-refractivity contribution in [2.45, 2.75) is 12.7 Å². The van der Waals surface area contributed by atoms with E-state index in [4.69, 9.17) is 9.84 Å². The van der Waals surface area contributed by atoms with Crippen LogP contribution < -0.4 is 4.74 Å². The summed E-state index contributed by atoms with van der Waals surface area (Å²) in [5, 5.41) is 8.82. The first kappa shape index (κ1) is 10.4. The van der Waals surface area contributed by atoms with Gasteiger partial charge in [-0.05, 0) is 17.7 Å². The van der Waals surface area contributed by atoms with E-state index in [0.29, 0.717) is 5.75 Å². The molecule has 0 unspecified atom stereocenters. The van der Waals surface area contributed by atoms with Crippen molar-refractivity contribution in [3.63, 3.8) is 0 Å². The van der Waals surface area contributed by atoms with Crippen molar-refractivity contribution >= 4 is 9.84 Å². The second-order valence-electron chi connectivity index (χ2n) is 3.62. The lowest BCUT2D eigenvalue weighted by Gasteiger charge is -2.26. The van der Waals surface area contributed by atoms with E-state index in [0.717, 1.165) is 5.56 Å². The minimum atomic E-state index is -2.83. The lowest BCUT2D eigenvalue weighted by atomic mass is 10.2. The molecule has 1 heterocycles. The Morgan fingerprint density at radius 3 is 2.33 bits per heavy atom. The van der Waals surface area contributed by atoms with Crippen LogP contribution in [0.3, 0.4) is 0 Å². The molecule has 0 amide bonds. The van der Waals surface area contributed by atoms with E-state index in [1.807, 2.05) is 0 Å². The third kappa shape index (κ3) is 2.49. The predicted molar refractivity (Wildman–Crippen MR) is 55.4 cm³/mol. The number of sulfone groups is 1. The summed E-state index contributed by atoms with van der Waals surface area (Å²) < 4.78 is 27.2. The summed E-state index contributed by atoms with van der Waals surface area (Å²) in [7, 11) is -2.83. The van der Waals surface area contributed by atoms with E-state index in [9.17, 15) is 8.42 Å². The van der Waals surface area contributed by atoms with Gasteiger partial charge in [-0.15, -0.1) is 0 Å². The lowest BCUT2D eigenvalue weighted by molar-refractivity contribution is 0.230. The zero-order valence-electron chi connectivity index (χ0n) is 8.09. The van der Waals surface area contributed by atoms with Crippen molar-refractivity contribution in [2.75, 3.05) is 11.5 Å². The molecule has 5 heteroatoms. The number of aliphatic hydroxyl groups excluding tert-OH is 1. The van der Waals surface area contributed by atoms with Gasteiger partial charge < -0.3 is 9.84 Å². The van der Waals surface area contributed by atoms with E-state index in [2.05, 4.69) is 0 Å². The van der Waals surface area contributed by atoms with Gasteiger partial charge in [-0.1, -0.05) is 12.1 Å². The van der Waals surface area contributed by atoms with Gasteiger partial charge in [0.2, 0.25) is 0 Å². The highest BCUT2D eigenvalue weighted by molar-refractivity contribution is 7.92. The van der Waals surface area contributed by atoms with E-state index >= 15 is 0 Å². The Bertz CT molecular complexity index is 423. The van der Waals surface area contributed by atoms with Gasteiger partial charge in [0.25, 0.3) is 0 Å². The van der Waals surface area contributed by atoms with Gasteiger partial charge in [0.1, 0.15) is 11.9 Å². The summed E-state index contributed by atoms with van der Waals surface area (Å²) in [5.74, 6) is 0.857. The van der Waals surface area contributed by atoms with Gasteiger partial charge in [-0.25, -0.2) is 8.42 Å². The van der Waals surface area contributed by atoms with E-state index in [-0.39, 0.29) is 24.2 Å². The Labute approximate surface area is 88.4 Å². The van der Waals surface area contributed by atoms with Gasteiger partial charge in [-0.2, -0.15) is 0 Å². The first-order valence-electron chi connectivity index (χ1n) is 4.66. The number of rotatable bonds is 3. The molecule has 1 N–H and O–H groups in total. The molecule has 1 fully saturated rings. The molecule has 0 bridgehead atoms. The smallest absolute Gasteiger partial charge is 0.157 e. The number of hydrogen-bond donors (Lipinski definition) is 1. The molecule has 0 atom stereocenters. The normalized spacial score (nSPS) is 19.5. The van der Waals surface area contributed by atoms with E-state index < -0.39 is 9.84 Å². The summed E-state index contributed by atoms with van der Waals surface area (Å²) in [4.78, 5) is 0. The van der Waals surface area contributed by atoms with Crippen LogP contribution in [0.15, 0.2) is 24.3 Å². The minimum Gasteiger partial charge on any atom is -0.488 e. The summed E-state index contributed by atoms with van der Waals surface area (Å²) in [6.07, 6.45) is -0.213. The minimum absolute atomic E-state index is 0.00190. The van der Waals surface area contributed by atoms with Crippen molar-refractivity contribution in [3.05, 3.63) is 29.8 Å². The van der Waals surface area contributed by atoms with Crippen molar-refractivity contribution in [1.82, 2.24) is 0 Å². The van der Waals surface area contributed by atoms with Crippen molar-refractivity contribution < 1.29 is 18.3 Å². The highest BCUT2D eigenvalue weighted by Crippen LogP contribution is 2.20. The summed E-state index contributed by atoms with van der Waals surface area (Å²) in [5.41, 5.74) is 0.809. The molecule has 0 saturated carbocycles. The Balaban J connectivity index is 1.95. The summed E-state index contributed by atoms with van der Waals surface area (Å²) in [6.45, 7) is -0.00190. The summed E-state index contributed by atoms with van der Waals surface area (Å²) in [6, 6.07) is 6.97. The molecule has 1 aliphatic rings. The second-order valence-corrected chi connectivity index (χ2v) is 5.77. The van der Waals surface area contributed by atoms with Crippen molar-refractivity contribution in [2.24, 2.45) is 0 Å². The van der Waals surface area contributed by atoms with Crippen LogP contribution in [0.1, 0.15) is 5.56 Å². The van der Waals surface area contributed by atoms with Crippen LogP contribution in [0.25, 0.3) is 0 Å². The maximum absolute atomic E-state index is 10.9. The lowest BCUT2D eigenvalue weighted by Crippen LogP contribution is -2.45.